The highest BCUT2D eigenvalue weighted by molar-refractivity contribution is 5.95. The van der Waals surface area contributed by atoms with E-state index in [0.29, 0.717) is 38.0 Å². The summed E-state index contributed by atoms with van der Waals surface area (Å²) in [4.78, 5) is 26.3. The van der Waals surface area contributed by atoms with Gasteiger partial charge < -0.3 is 19.7 Å². The number of anilines is 1. The average molecular weight is 380 g/mol. The highest BCUT2D eigenvalue weighted by atomic mass is 16.5. The van der Waals surface area contributed by atoms with E-state index in [0.717, 1.165) is 12.1 Å². The van der Waals surface area contributed by atoms with Gasteiger partial charge in [0.2, 0.25) is 5.91 Å². The van der Waals surface area contributed by atoms with Gasteiger partial charge in [0.25, 0.3) is 5.91 Å². The number of ether oxygens (including phenoxy) is 2. The summed E-state index contributed by atoms with van der Waals surface area (Å²) in [5.74, 6) is 0.957. The second-order valence-electron chi connectivity index (χ2n) is 7.15. The van der Waals surface area contributed by atoms with Gasteiger partial charge in [-0.2, -0.15) is 0 Å². The SMILES string of the molecule is O=C(Nc1ccc(OCC(=O)N2CCOCC2)cc1)[C@@H]1C[C@H]1c1ccccc1. The third-order valence-corrected chi connectivity index (χ3v) is 5.20. The topological polar surface area (TPSA) is 67.9 Å². The second kappa shape index (κ2) is 8.44. The Kier molecular flexibility index (Phi) is 5.58. The molecule has 2 aromatic carbocycles. The van der Waals surface area contributed by atoms with E-state index < -0.39 is 0 Å². The molecule has 1 N–H and O–H groups in total. The summed E-state index contributed by atoms with van der Waals surface area (Å²) in [5, 5.41) is 2.96. The van der Waals surface area contributed by atoms with Crippen LogP contribution in [0.1, 0.15) is 17.9 Å². The molecule has 28 heavy (non-hydrogen) atoms. The molecular formula is C22H24N2O4. The summed E-state index contributed by atoms with van der Waals surface area (Å²) in [6, 6.07) is 17.3. The minimum Gasteiger partial charge on any atom is -0.484 e. The van der Waals surface area contributed by atoms with Crippen LogP contribution in [0.2, 0.25) is 0 Å². The lowest BCUT2D eigenvalue weighted by Crippen LogP contribution is -2.42. The van der Waals surface area contributed by atoms with Gasteiger partial charge in [0.05, 0.1) is 13.2 Å². The van der Waals surface area contributed by atoms with Crippen LogP contribution in [0.15, 0.2) is 54.6 Å². The van der Waals surface area contributed by atoms with Crippen molar-refractivity contribution in [1.29, 1.82) is 0 Å². The molecule has 6 heteroatoms. The van der Waals surface area contributed by atoms with Crippen molar-refractivity contribution in [3.05, 3.63) is 60.2 Å². The van der Waals surface area contributed by atoms with E-state index in [2.05, 4.69) is 17.4 Å². The van der Waals surface area contributed by atoms with Gasteiger partial charge in [-0.1, -0.05) is 30.3 Å². The van der Waals surface area contributed by atoms with Gasteiger partial charge in [-0.25, -0.2) is 0 Å². The van der Waals surface area contributed by atoms with Crippen molar-refractivity contribution in [2.75, 3.05) is 38.2 Å². The molecular weight excluding hydrogens is 356 g/mol. The quantitative estimate of drug-likeness (QED) is 0.837. The number of carbonyl (C=O) groups is 2. The number of nitrogens with one attached hydrogen (secondary N) is 1. The van der Waals surface area contributed by atoms with Crippen molar-refractivity contribution in [3.8, 4) is 5.75 Å². The standard InChI is InChI=1S/C22H24N2O4/c25-21(24-10-12-27-13-11-24)15-28-18-8-6-17(7-9-18)23-22(26)20-14-19(20)16-4-2-1-3-5-16/h1-9,19-20H,10-15H2,(H,23,26)/t19-,20+/m0/s1. The first-order valence-electron chi connectivity index (χ1n) is 9.65. The largest absolute Gasteiger partial charge is 0.484 e. The van der Waals surface area contributed by atoms with E-state index >= 15 is 0 Å². The molecule has 4 rings (SSSR count). The Labute approximate surface area is 164 Å². The van der Waals surface area contributed by atoms with Gasteiger partial charge in [-0.3, -0.25) is 9.59 Å². The lowest BCUT2D eigenvalue weighted by atomic mass is 10.1. The maximum Gasteiger partial charge on any atom is 0.260 e. The molecule has 1 heterocycles. The summed E-state index contributed by atoms with van der Waals surface area (Å²) in [6.07, 6.45) is 0.890. The van der Waals surface area contributed by atoms with E-state index in [9.17, 15) is 9.59 Å². The first kappa shape index (κ1) is 18.5. The average Bonchev–Trinajstić information content (AvgIpc) is 3.55. The number of rotatable bonds is 6. The third-order valence-electron chi connectivity index (χ3n) is 5.20. The molecule has 2 aromatic rings. The molecule has 146 valence electrons. The monoisotopic (exact) mass is 380 g/mol. The van der Waals surface area contributed by atoms with E-state index in [1.165, 1.54) is 5.56 Å². The zero-order valence-corrected chi connectivity index (χ0v) is 15.7. The molecule has 0 unspecified atom stereocenters. The summed E-state index contributed by atoms with van der Waals surface area (Å²) < 4.78 is 10.8. The normalized spacial score (nSPS) is 21.1. The predicted molar refractivity (Wildman–Crippen MR) is 105 cm³/mol. The first-order valence-corrected chi connectivity index (χ1v) is 9.65. The van der Waals surface area contributed by atoms with Crippen LogP contribution in [0.4, 0.5) is 5.69 Å². The fraction of sp³-hybridized carbons (Fsp3) is 0.364. The Bertz CT molecular complexity index is 816. The van der Waals surface area contributed by atoms with Gasteiger partial charge in [-0.15, -0.1) is 0 Å². The van der Waals surface area contributed by atoms with Crippen molar-refractivity contribution in [1.82, 2.24) is 4.90 Å². The van der Waals surface area contributed by atoms with E-state index in [-0.39, 0.29) is 24.3 Å². The summed E-state index contributed by atoms with van der Waals surface area (Å²) in [7, 11) is 0. The molecule has 2 amide bonds. The van der Waals surface area contributed by atoms with Crippen molar-refractivity contribution >= 4 is 17.5 Å². The molecule has 0 bridgehead atoms. The molecule has 6 nitrogen and oxygen atoms in total. The molecule has 2 atom stereocenters. The van der Waals surface area contributed by atoms with Crippen molar-refractivity contribution in [3.63, 3.8) is 0 Å². The minimum absolute atomic E-state index is 0.00648. The van der Waals surface area contributed by atoms with Gasteiger partial charge in [0.15, 0.2) is 6.61 Å². The van der Waals surface area contributed by atoms with Gasteiger partial charge in [0, 0.05) is 24.7 Å². The maximum absolute atomic E-state index is 12.4. The molecule has 2 aliphatic rings. The van der Waals surface area contributed by atoms with Crippen molar-refractivity contribution in [2.45, 2.75) is 12.3 Å². The van der Waals surface area contributed by atoms with Crippen LogP contribution in [0.3, 0.4) is 0 Å². The van der Waals surface area contributed by atoms with Crippen LogP contribution < -0.4 is 10.1 Å². The zero-order chi connectivity index (χ0) is 19.3. The number of hydrogen-bond donors (Lipinski definition) is 1. The smallest absolute Gasteiger partial charge is 0.260 e. The molecule has 1 saturated carbocycles. The van der Waals surface area contributed by atoms with E-state index in [1.807, 2.05) is 18.2 Å². The molecule has 1 aliphatic heterocycles. The number of morpholine rings is 1. The van der Waals surface area contributed by atoms with Gasteiger partial charge in [0.1, 0.15) is 5.75 Å². The van der Waals surface area contributed by atoms with Gasteiger partial charge >= 0.3 is 0 Å². The van der Waals surface area contributed by atoms with Crippen molar-refractivity contribution in [2.24, 2.45) is 5.92 Å². The van der Waals surface area contributed by atoms with Crippen LogP contribution in [-0.2, 0) is 14.3 Å². The van der Waals surface area contributed by atoms with Crippen LogP contribution in [0.5, 0.6) is 5.75 Å². The fourth-order valence-corrected chi connectivity index (χ4v) is 3.47. The lowest BCUT2D eigenvalue weighted by molar-refractivity contribution is -0.137. The minimum atomic E-state index is -0.0404. The number of benzene rings is 2. The molecule has 1 saturated heterocycles. The fourth-order valence-electron chi connectivity index (χ4n) is 3.47. The Balaban J connectivity index is 1.24. The number of amides is 2. The van der Waals surface area contributed by atoms with Crippen LogP contribution in [0.25, 0.3) is 0 Å². The molecule has 1 aliphatic carbocycles. The highest BCUT2D eigenvalue weighted by Gasteiger charge is 2.43. The molecule has 2 fully saturated rings. The first-order chi connectivity index (χ1) is 13.7. The molecule has 0 radical (unpaired) electrons. The summed E-state index contributed by atoms with van der Waals surface area (Å²) in [5.41, 5.74) is 1.95. The van der Waals surface area contributed by atoms with E-state index in [4.69, 9.17) is 9.47 Å². The Morgan fingerprint density at radius 3 is 2.46 bits per heavy atom. The van der Waals surface area contributed by atoms with Crippen LogP contribution in [-0.4, -0.2) is 49.6 Å². The molecule has 0 aromatic heterocycles. The number of nitrogens with zero attached hydrogens (tertiary/aromatic N) is 1. The van der Waals surface area contributed by atoms with Crippen LogP contribution in [0, 0.1) is 5.92 Å². The molecule has 0 spiro atoms. The Hall–Kier alpha value is -2.86. The van der Waals surface area contributed by atoms with Gasteiger partial charge in [-0.05, 0) is 42.2 Å². The third kappa shape index (κ3) is 4.51. The highest BCUT2D eigenvalue weighted by Crippen LogP contribution is 2.47. The van der Waals surface area contributed by atoms with E-state index in [1.54, 1.807) is 29.2 Å². The Morgan fingerprint density at radius 2 is 1.75 bits per heavy atom. The second-order valence-corrected chi connectivity index (χ2v) is 7.15. The lowest BCUT2D eigenvalue weighted by Gasteiger charge is -2.26. The summed E-state index contributed by atoms with van der Waals surface area (Å²) in [6.45, 7) is 2.38. The van der Waals surface area contributed by atoms with Crippen molar-refractivity contribution < 1.29 is 19.1 Å². The Morgan fingerprint density at radius 1 is 1.04 bits per heavy atom. The number of hydrogen-bond acceptors (Lipinski definition) is 4. The van der Waals surface area contributed by atoms with Crippen LogP contribution >= 0.6 is 0 Å². The predicted octanol–water partition coefficient (Wildman–Crippen LogP) is 2.67. The zero-order valence-electron chi connectivity index (χ0n) is 15.7. The summed E-state index contributed by atoms with van der Waals surface area (Å²) >= 11 is 0. The maximum atomic E-state index is 12.4. The number of carbonyl (C=O) groups excluding carboxylic acids is 2.